The zero-order valence-electron chi connectivity index (χ0n) is 21.2. The van der Waals surface area contributed by atoms with Crippen molar-refractivity contribution in [3.8, 4) is 23.0 Å². The summed E-state index contributed by atoms with van der Waals surface area (Å²) in [5, 5.41) is 0. The van der Waals surface area contributed by atoms with Crippen molar-refractivity contribution in [3.05, 3.63) is 58.9 Å². The largest absolute Gasteiger partial charge is 0.490 e. The Labute approximate surface area is 216 Å². The van der Waals surface area contributed by atoms with E-state index in [-0.39, 0.29) is 42.8 Å². The molecule has 1 aliphatic carbocycles. The summed E-state index contributed by atoms with van der Waals surface area (Å²) < 4.78 is 28.9. The molecular formula is C29H31NO7. The van der Waals surface area contributed by atoms with E-state index in [9.17, 15) is 9.59 Å². The third kappa shape index (κ3) is 4.08. The predicted octanol–water partition coefficient (Wildman–Crippen LogP) is 4.71. The average Bonchev–Trinajstić information content (AvgIpc) is 3.48. The molecule has 2 aromatic rings. The third-order valence-corrected chi connectivity index (χ3v) is 7.53. The van der Waals surface area contributed by atoms with Gasteiger partial charge < -0.3 is 28.6 Å². The van der Waals surface area contributed by atoms with Crippen molar-refractivity contribution >= 4 is 11.7 Å². The van der Waals surface area contributed by atoms with Crippen LogP contribution >= 0.6 is 0 Å². The first-order valence-electron chi connectivity index (χ1n) is 13.1. The van der Waals surface area contributed by atoms with Crippen LogP contribution in [-0.4, -0.2) is 42.7 Å². The molecular weight excluding hydrogens is 474 g/mol. The second-order valence-corrected chi connectivity index (χ2v) is 9.75. The molecule has 0 saturated heterocycles. The SMILES string of the molecule is CCOc1ccc(C2C3=C(OC4CCCCC4C3=O)C(=O)N2Cc2ccc3c(c2)OCO3)cc1OCC. The van der Waals surface area contributed by atoms with E-state index < -0.39 is 6.04 Å². The lowest BCUT2D eigenvalue weighted by Gasteiger charge is -2.35. The smallest absolute Gasteiger partial charge is 0.290 e. The number of hydrogen-bond donors (Lipinski definition) is 0. The minimum Gasteiger partial charge on any atom is -0.490 e. The second kappa shape index (κ2) is 9.65. The maximum absolute atomic E-state index is 13.9. The summed E-state index contributed by atoms with van der Waals surface area (Å²) in [4.78, 5) is 29.5. The van der Waals surface area contributed by atoms with Crippen LogP contribution in [0.5, 0.6) is 23.0 Å². The number of ketones is 1. The molecule has 3 heterocycles. The number of ether oxygens (including phenoxy) is 5. The van der Waals surface area contributed by atoms with Gasteiger partial charge in [0.2, 0.25) is 6.79 Å². The number of hydrogen-bond acceptors (Lipinski definition) is 7. The van der Waals surface area contributed by atoms with Crippen molar-refractivity contribution in [2.75, 3.05) is 20.0 Å². The molecule has 0 spiro atoms. The van der Waals surface area contributed by atoms with Gasteiger partial charge in [-0.25, -0.2) is 0 Å². The fourth-order valence-electron chi connectivity index (χ4n) is 5.88. The van der Waals surface area contributed by atoms with E-state index in [4.69, 9.17) is 23.7 Å². The highest BCUT2D eigenvalue weighted by Crippen LogP contribution is 2.48. The number of amides is 1. The number of benzene rings is 2. The lowest BCUT2D eigenvalue weighted by molar-refractivity contribution is -0.135. The van der Waals surface area contributed by atoms with Crippen molar-refractivity contribution < 1.29 is 33.3 Å². The Morgan fingerprint density at radius 1 is 0.919 bits per heavy atom. The first kappa shape index (κ1) is 23.7. The van der Waals surface area contributed by atoms with Gasteiger partial charge in [-0.3, -0.25) is 9.59 Å². The quantitative estimate of drug-likeness (QED) is 0.539. The highest BCUT2D eigenvalue weighted by Gasteiger charge is 2.52. The summed E-state index contributed by atoms with van der Waals surface area (Å²) in [7, 11) is 0. The summed E-state index contributed by atoms with van der Waals surface area (Å²) in [6, 6.07) is 10.7. The van der Waals surface area contributed by atoms with Crippen molar-refractivity contribution in [1.29, 1.82) is 0 Å². The minimum absolute atomic E-state index is 0.0318. The monoisotopic (exact) mass is 505 g/mol. The molecule has 1 fully saturated rings. The molecule has 3 aliphatic heterocycles. The summed E-state index contributed by atoms with van der Waals surface area (Å²) in [6.45, 7) is 5.27. The molecule has 3 atom stereocenters. The molecule has 0 aromatic heterocycles. The van der Waals surface area contributed by atoms with E-state index in [1.54, 1.807) is 4.90 Å². The Bertz CT molecular complexity index is 1270. The summed E-state index contributed by atoms with van der Waals surface area (Å²) in [5.74, 6) is 2.32. The Hall–Kier alpha value is -3.68. The van der Waals surface area contributed by atoms with Crippen LogP contribution in [0, 0.1) is 5.92 Å². The van der Waals surface area contributed by atoms with E-state index in [0.29, 0.717) is 41.8 Å². The molecule has 37 heavy (non-hydrogen) atoms. The maximum atomic E-state index is 13.9. The summed E-state index contributed by atoms with van der Waals surface area (Å²) >= 11 is 0. The zero-order valence-corrected chi connectivity index (χ0v) is 21.2. The van der Waals surface area contributed by atoms with Gasteiger partial charge in [0, 0.05) is 6.54 Å². The number of carbonyl (C=O) groups is 2. The highest BCUT2D eigenvalue weighted by atomic mass is 16.7. The van der Waals surface area contributed by atoms with Gasteiger partial charge in [-0.1, -0.05) is 18.6 Å². The molecule has 1 saturated carbocycles. The lowest BCUT2D eigenvalue weighted by Crippen LogP contribution is -2.39. The van der Waals surface area contributed by atoms with Gasteiger partial charge in [0.05, 0.1) is 30.7 Å². The lowest BCUT2D eigenvalue weighted by atomic mass is 9.77. The Balaban J connectivity index is 1.42. The van der Waals surface area contributed by atoms with Gasteiger partial charge in [-0.2, -0.15) is 0 Å². The van der Waals surface area contributed by atoms with Crippen LogP contribution in [0.4, 0.5) is 0 Å². The molecule has 3 unspecified atom stereocenters. The molecule has 0 N–H and O–H groups in total. The number of rotatable bonds is 7. The van der Waals surface area contributed by atoms with Crippen molar-refractivity contribution in [2.45, 2.75) is 58.2 Å². The van der Waals surface area contributed by atoms with E-state index in [0.717, 1.165) is 36.8 Å². The van der Waals surface area contributed by atoms with E-state index in [1.165, 1.54) is 0 Å². The van der Waals surface area contributed by atoms with Crippen LogP contribution in [0.2, 0.25) is 0 Å². The first-order valence-corrected chi connectivity index (χ1v) is 13.1. The van der Waals surface area contributed by atoms with Crippen molar-refractivity contribution in [1.82, 2.24) is 4.90 Å². The molecule has 0 bridgehead atoms. The van der Waals surface area contributed by atoms with Crippen molar-refractivity contribution in [2.24, 2.45) is 5.92 Å². The van der Waals surface area contributed by atoms with E-state index in [1.807, 2.05) is 50.2 Å². The second-order valence-electron chi connectivity index (χ2n) is 9.75. The van der Waals surface area contributed by atoms with Gasteiger partial charge in [0.25, 0.3) is 5.91 Å². The molecule has 8 heteroatoms. The predicted molar refractivity (Wildman–Crippen MR) is 133 cm³/mol. The topological polar surface area (TPSA) is 83.5 Å². The van der Waals surface area contributed by atoms with Crippen LogP contribution < -0.4 is 18.9 Å². The summed E-state index contributed by atoms with van der Waals surface area (Å²) in [6.07, 6.45) is 3.36. The van der Waals surface area contributed by atoms with Crippen LogP contribution in [0.3, 0.4) is 0 Å². The molecule has 6 rings (SSSR count). The average molecular weight is 506 g/mol. The normalized spacial score (nSPS) is 24.1. The first-order chi connectivity index (χ1) is 18.1. The fourth-order valence-corrected chi connectivity index (χ4v) is 5.88. The fraction of sp³-hybridized carbons (Fsp3) is 0.448. The number of nitrogens with zero attached hydrogens (tertiary/aromatic N) is 1. The number of carbonyl (C=O) groups excluding carboxylic acids is 2. The third-order valence-electron chi connectivity index (χ3n) is 7.53. The number of Topliss-reactive ketones (excluding diaryl/α,β-unsaturated/α-hetero) is 1. The summed E-state index contributed by atoms with van der Waals surface area (Å²) in [5.41, 5.74) is 2.13. The maximum Gasteiger partial charge on any atom is 0.290 e. The van der Waals surface area contributed by atoms with Gasteiger partial charge in [0.15, 0.2) is 34.5 Å². The van der Waals surface area contributed by atoms with Gasteiger partial charge in [-0.05, 0) is 68.5 Å². The highest BCUT2D eigenvalue weighted by molar-refractivity contribution is 6.11. The molecule has 8 nitrogen and oxygen atoms in total. The molecule has 2 aromatic carbocycles. The van der Waals surface area contributed by atoms with Crippen LogP contribution in [0.25, 0.3) is 0 Å². The van der Waals surface area contributed by atoms with Crippen LogP contribution in [-0.2, 0) is 20.9 Å². The van der Waals surface area contributed by atoms with E-state index >= 15 is 0 Å². The van der Waals surface area contributed by atoms with Gasteiger partial charge >= 0.3 is 0 Å². The van der Waals surface area contributed by atoms with E-state index in [2.05, 4.69) is 0 Å². The van der Waals surface area contributed by atoms with Crippen molar-refractivity contribution in [3.63, 3.8) is 0 Å². The zero-order chi connectivity index (χ0) is 25.5. The van der Waals surface area contributed by atoms with Gasteiger partial charge in [-0.15, -0.1) is 0 Å². The Morgan fingerprint density at radius 2 is 1.70 bits per heavy atom. The van der Waals surface area contributed by atoms with Gasteiger partial charge in [0.1, 0.15) is 6.10 Å². The molecule has 4 aliphatic rings. The Kier molecular flexibility index (Phi) is 6.18. The minimum atomic E-state index is -0.585. The molecule has 194 valence electrons. The number of fused-ring (bicyclic) bond motifs is 2. The standard InChI is InChI=1S/C29H31NO7/c1-3-33-21-12-10-18(14-24(21)34-4-2)26-25-27(31)19-7-5-6-8-20(19)37-28(25)29(32)30(26)15-17-9-11-22-23(13-17)36-16-35-22/h9-14,19-20,26H,3-8,15-16H2,1-2H3. The molecule has 1 amide bonds. The Morgan fingerprint density at radius 3 is 2.54 bits per heavy atom. The van der Waals surface area contributed by atoms with Crippen LogP contribution in [0.15, 0.2) is 47.7 Å². The van der Waals surface area contributed by atoms with Crippen LogP contribution in [0.1, 0.15) is 56.7 Å². The molecule has 0 radical (unpaired) electrons.